The van der Waals surface area contributed by atoms with E-state index in [1.54, 1.807) is 18.0 Å². The van der Waals surface area contributed by atoms with Crippen molar-refractivity contribution >= 4 is 5.91 Å². The topological polar surface area (TPSA) is 50.6 Å². The summed E-state index contributed by atoms with van der Waals surface area (Å²) in [7, 11) is 1.75. The Labute approximate surface area is 154 Å². The van der Waals surface area contributed by atoms with Crippen molar-refractivity contribution in [3.63, 3.8) is 0 Å². The highest BCUT2D eigenvalue weighted by atomic mass is 16.5. The van der Waals surface area contributed by atoms with Gasteiger partial charge in [-0.15, -0.1) is 0 Å². The number of ether oxygens (including phenoxy) is 1. The SMILES string of the molecule is COCCN1C[C@H]2CC[C@@H]1CN(C(=O)c1cccc(-n3cccn3)c1)C2. The first-order valence-electron chi connectivity index (χ1n) is 9.37. The zero-order valence-corrected chi connectivity index (χ0v) is 15.3. The molecule has 4 heterocycles. The van der Waals surface area contributed by atoms with Gasteiger partial charge in [-0.2, -0.15) is 5.10 Å². The Morgan fingerprint density at radius 1 is 1.23 bits per heavy atom. The van der Waals surface area contributed by atoms with Crippen LogP contribution in [0, 0.1) is 5.92 Å². The van der Waals surface area contributed by atoms with Crippen molar-refractivity contribution in [3.05, 3.63) is 48.3 Å². The minimum Gasteiger partial charge on any atom is -0.383 e. The number of methoxy groups -OCH3 is 1. The number of hydrogen-bond acceptors (Lipinski definition) is 4. The Kier molecular flexibility index (Phi) is 5.04. The van der Waals surface area contributed by atoms with Crippen molar-refractivity contribution < 1.29 is 9.53 Å². The minimum atomic E-state index is 0.129. The van der Waals surface area contributed by atoms with Crippen LogP contribution in [0.4, 0.5) is 0 Å². The second kappa shape index (κ2) is 7.60. The maximum absolute atomic E-state index is 13.2. The van der Waals surface area contributed by atoms with Crippen LogP contribution in [0.25, 0.3) is 5.69 Å². The molecule has 0 radical (unpaired) electrons. The van der Waals surface area contributed by atoms with E-state index in [9.17, 15) is 4.79 Å². The van der Waals surface area contributed by atoms with Gasteiger partial charge in [0.1, 0.15) is 0 Å². The second-order valence-electron chi connectivity index (χ2n) is 7.30. The molecule has 6 heteroatoms. The summed E-state index contributed by atoms with van der Waals surface area (Å²) in [4.78, 5) is 17.7. The lowest BCUT2D eigenvalue weighted by atomic mass is 9.95. The summed E-state index contributed by atoms with van der Waals surface area (Å²) in [6, 6.07) is 10.1. The molecule has 6 nitrogen and oxygen atoms in total. The Morgan fingerprint density at radius 3 is 2.96 bits per heavy atom. The van der Waals surface area contributed by atoms with E-state index in [1.165, 1.54) is 12.8 Å². The van der Waals surface area contributed by atoms with Crippen LogP contribution >= 0.6 is 0 Å². The van der Waals surface area contributed by atoms with Crippen molar-refractivity contribution in [3.8, 4) is 5.69 Å². The fourth-order valence-electron chi connectivity index (χ4n) is 4.21. The summed E-state index contributed by atoms with van der Waals surface area (Å²) in [5, 5.41) is 4.26. The number of amides is 1. The molecule has 0 N–H and O–H groups in total. The van der Waals surface area contributed by atoms with Gasteiger partial charge in [0.15, 0.2) is 0 Å². The van der Waals surface area contributed by atoms with Crippen LogP contribution in [0.1, 0.15) is 23.2 Å². The maximum atomic E-state index is 13.2. The molecule has 2 bridgehead atoms. The molecule has 0 spiro atoms. The lowest BCUT2D eigenvalue weighted by molar-refractivity contribution is 0.0717. The third-order valence-electron chi connectivity index (χ3n) is 5.56. The van der Waals surface area contributed by atoms with Gasteiger partial charge < -0.3 is 9.64 Å². The standard InChI is InChI=1S/C20H26N4O2/c1-26-11-10-22-13-16-6-7-19(22)15-23(14-16)20(25)17-4-2-5-18(12-17)24-9-3-8-21-24/h2-5,8-9,12,16,19H,6-7,10-11,13-15H2,1H3/t16-,19-/m1/s1. The molecule has 1 aromatic carbocycles. The fourth-order valence-corrected chi connectivity index (χ4v) is 4.21. The quantitative estimate of drug-likeness (QED) is 0.825. The Balaban J connectivity index is 1.51. The Morgan fingerprint density at radius 2 is 2.15 bits per heavy atom. The summed E-state index contributed by atoms with van der Waals surface area (Å²) in [5.41, 5.74) is 1.66. The number of hydrogen-bond donors (Lipinski definition) is 0. The normalized spacial score (nSPS) is 23.2. The fraction of sp³-hybridized carbons (Fsp3) is 0.500. The highest BCUT2D eigenvalue weighted by Gasteiger charge is 2.36. The highest BCUT2D eigenvalue weighted by molar-refractivity contribution is 5.94. The number of rotatable bonds is 5. The number of piperidine rings is 1. The predicted molar refractivity (Wildman–Crippen MR) is 99.4 cm³/mol. The minimum absolute atomic E-state index is 0.129. The number of carbonyl (C=O) groups is 1. The molecule has 3 fully saturated rings. The third kappa shape index (κ3) is 3.52. The molecule has 3 aliphatic rings. The molecule has 0 unspecified atom stereocenters. The van der Waals surface area contributed by atoms with Crippen molar-refractivity contribution in [2.24, 2.45) is 5.92 Å². The van der Waals surface area contributed by atoms with E-state index in [4.69, 9.17) is 4.74 Å². The third-order valence-corrected chi connectivity index (χ3v) is 5.56. The summed E-state index contributed by atoms with van der Waals surface area (Å²) >= 11 is 0. The van der Waals surface area contributed by atoms with Gasteiger partial charge in [-0.25, -0.2) is 4.68 Å². The molecule has 3 aliphatic heterocycles. The lowest BCUT2D eigenvalue weighted by Crippen LogP contribution is -2.45. The second-order valence-corrected chi connectivity index (χ2v) is 7.30. The maximum Gasteiger partial charge on any atom is 0.253 e. The largest absolute Gasteiger partial charge is 0.383 e. The van der Waals surface area contributed by atoms with E-state index >= 15 is 0 Å². The van der Waals surface area contributed by atoms with Gasteiger partial charge in [-0.1, -0.05) is 6.07 Å². The molecule has 3 saturated heterocycles. The van der Waals surface area contributed by atoms with Crippen LogP contribution in [-0.4, -0.2) is 71.4 Å². The first kappa shape index (κ1) is 17.2. The van der Waals surface area contributed by atoms with E-state index in [-0.39, 0.29) is 5.91 Å². The predicted octanol–water partition coefficient (Wildman–Crippen LogP) is 2.06. The number of nitrogens with zero attached hydrogens (tertiary/aromatic N) is 4. The van der Waals surface area contributed by atoms with Crippen molar-refractivity contribution in [2.75, 3.05) is 39.9 Å². The van der Waals surface area contributed by atoms with Crippen LogP contribution in [0.3, 0.4) is 0 Å². The van der Waals surface area contributed by atoms with Crippen LogP contribution in [-0.2, 0) is 4.74 Å². The average Bonchev–Trinajstić information content (AvgIpc) is 3.07. The molecule has 138 valence electrons. The van der Waals surface area contributed by atoms with Crippen LogP contribution in [0.5, 0.6) is 0 Å². The summed E-state index contributed by atoms with van der Waals surface area (Å²) < 4.78 is 7.04. The molecule has 2 atom stereocenters. The average molecular weight is 354 g/mol. The lowest BCUT2D eigenvalue weighted by Gasteiger charge is -2.35. The van der Waals surface area contributed by atoms with E-state index in [0.717, 1.165) is 44.0 Å². The molecule has 1 aromatic heterocycles. The first-order chi connectivity index (χ1) is 12.7. The van der Waals surface area contributed by atoms with Crippen molar-refractivity contribution in [2.45, 2.75) is 18.9 Å². The number of fused-ring (bicyclic) bond motifs is 4. The number of carbonyl (C=O) groups excluding carboxylic acids is 1. The summed E-state index contributed by atoms with van der Waals surface area (Å²) in [6.07, 6.45) is 6.02. The number of benzene rings is 1. The summed E-state index contributed by atoms with van der Waals surface area (Å²) in [6.45, 7) is 4.44. The van der Waals surface area contributed by atoms with E-state index in [1.807, 2.05) is 36.5 Å². The molecule has 5 rings (SSSR count). The van der Waals surface area contributed by atoms with Gasteiger partial charge in [0.25, 0.3) is 5.91 Å². The van der Waals surface area contributed by atoms with E-state index in [2.05, 4.69) is 14.9 Å². The molecule has 1 amide bonds. The smallest absolute Gasteiger partial charge is 0.253 e. The van der Waals surface area contributed by atoms with Crippen LogP contribution < -0.4 is 0 Å². The Bertz CT molecular complexity index is 746. The van der Waals surface area contributed by atoms with Crippen molar-refractivity contribution in [1.82, 2.24) is 19.6 Å². The molecule has 0 saturated carbocycles. The zero-order valence-electron chi connectivity index (χ0n) is 15.3. The van der Waals surface area contributed by atoms with Gasteiger partial charge in [-0.05, 0) is 43.0 Å². The van der Waals surface area contributed by atoms with Gasteiger partial charge in [0.05, 0.1) is 12.3 Å². The highest BCUT2D eigenvalue weighted by Crippen LogP contribution is 2.28. The van der Waals surface area contributed by atoms with Crippen LogP contribution in [0.2, 0.25) is 0 Å². The monoisotopic (exact) mass is 354 g/mol. The molecule has 2 aromatic rings. The Hall–Kier alpha value is -2.18. The van der Waals surface area contributed by atoms with E-state index in [0.29, 0.717) is 12.0 Å². The van der Waals surface area contributed by atoms with Gasteiger partial charge in [0.2, 0.25) is 0 Å². The van der Waals surface area contributed by atoms with Gasteiger partial charge >= 0.3 is 0 Å². The summed E-state index contributed by atoms with van der Waals surface area (Å²) in [5.74, 6) is 0.688. The van der Waals surface area contributed by atoms with E-state index < -0.39 is 0 Å². The van der Waals surface area contributed by atoms with Crippen molar-refractivity contribution in [1.29, 1.82) is 0 Å². The zero-order chi connectivity index (χ0) is 17.9. The van der Waals surface area contributed by atoms with Crippen LogP contribution in [0.15, 0.2) is 42.7 Å². The van der Waals surface area contributed by atoms with Gasteiger partial charge in [0, 0.05) is 57.3 Å². The molecular weight excluding hydrogens is 328 g/mol. The first-order valence-corrected chi connectivity index (χ1v) is 9.37. The number of aromatic nitrogens is 2. The molecule has 26 heavy (non-hydrogen) atoms. The van der Waals surface area contributed by atoms with Gasteiger partial charge in [-0.3, -0.25) is 9.69 Å². The molecular formula is C20H26N4O2. The molecule has 0 aliphatic carbocycles.